The van der Waals surface area contributed by atoms with Gasteiger partial charge in [0, 0.05) is 18.3 Å². The Morgan fingerprint density at radius 2 is 2.17 bits per heavy atom. The van der Waals surface area contributed by atoms with Crippen molar-refractivity contribution in [3.63, 3.8) is 0 Å². The van der Waals surface area contributed by atoms with Crippen LogP contribution in [0.2, 0.25) is 0 Å². The van der Waals surface area contributed by atoms with Gasteiger partial charge in [0.15, 0.2) is 0 Å². The van der Waals surface area contributed by atoms with Crippen LogP contribution in [0.25, 0.3) is 0 Å². The van der Waals surface area contributed by atoms with Gasteiger partial charge in [-0.3, -0.25) is 4.98 Å². The van der Waals surface area contributed by atoms with Crippen LogP contribution in [0.1, 0.15) is 44.2 Å². The van der Waals surface area contributed by atoms with Crippen molar-refractivity contribution < 1.29 is 4.74 Å². The molecule has 4 heteroatoms. The Morgan fingerprint density at radius 1 is 1.33 bits per heavy atom. The van der Waals surface area contributed by atoms with E-state index in [1.54, 1.807) is 19.5 Å². The topological polar surface area (TPSA) is 47.0 Å². The fourth-order valence-electron chi connectivity index (χ4n) is 2.85. The summed E-state index contributed by atoms with van der Waals surface area (Å²) in [5, 5.41) is 3.53. The second-order valence-electron chi connectivity index (χ2n) is 4.95. The molecule has 4 nitrogen and oxygen atoms in total. The van der Waals surface area contributed by atoms with Crippen molar-refractivity contribution in [1.82, 2.24) is 15.3 Å². The number of ether oxygens (including phenoxy) is 1. The number of methoxy groups -OCH3 is 1. The van der Waals surface area contributed by atoms with Crippen LogP contribution in [0.3, 0.4) is 0 Å². The predicted octanol–water partition coefficient (Wildman–Crippen LogP) is 2.37. The molecule has 1 N–H and O–H groups in total. The molecule has 1 aromatic rings. The molecule has 1 heterocycles. The lowest BCUT2D eigenvalue weighted by molar-refractivity contribution is 0.369. The summed E-state index contributed by atoms with van der Waals surface area (Å²) in [6, 6.07) is 0. The molecule has 1 saturated carbocycles. The highest BCUT2D eigenvalue weighted by molar-refractivity contribution is 5.23. The molecule has 1 aliphatic rings. The molecule has 1 fully saturated rings. The summed E-state index contributed by atoms with van der Waals surface area (Å²) in [6.07, 6.45) is 8.41. The van der Waals surface area contributed by atoms with Crippen molar-refractivity contribution >= 4 is 0 Å². The summed E-state index contributed by atoms with van der Waals surface area (Å²) < 4.78 is 5.34. The molecule has 0 aromatic carbocycles. The molecule has 0 bridgehead atoms. The number of aromatic nitrogens is 2. The maximum Gasteiger partial charge on any atom is 0.235 e. The lowest BCUT2D eigenvalue weighted by Gasteiger charge is -2.20. The Morgan fingerprint density at radius 3 is 2.94 bits per heavy atom. The molecule has 2 rings (SSSR count). The Bertz CT molecular complexity index is 370. The van der Waals surface area contributed by atoms with Crippen LogP contribution in [0.15, 0.2) is 12.4 Å². The van der Waals surface area contributed by atoms with Gasteiger partial charge in [-0.05, 0) is 38.3 Å². The highest BCUT2D eigenvalue weighted by Crippen LogP contribution is 2.40. The van der Waals surface area contributed by atoms with Gasteiger partial charge in [0.2, 0.25) is 5.88 Å². The minimum atomic E-state index is 0.498. The number of nitrogens with one attached hydrogen (secondary N) is 1. The molecule has 1 aromatic heterocycles. The van der Waals surface area contributed by atoms with E-state index in [2.05, 4.69) is 22.2 Å². The minimum absolute atomic E-state index is 0.498. The Hall–Kier alpha value is -1.16. The van der Waals surface area contributed by atoms with E-state index in [-0.39, 0.29) is 0 Å². The number of hydrogen-bond acceptors (Lipinski definition) is 4. The van der Waals surface area contributed by atoms with Gasteiger partial charge in [-0.1, -0.05) is 13.3 Å². The van der Waals surface area contributed by atoms with E-state index in [0.29, 0.717) is 17.7 Å². The summed E-state index contributed by atoms with van der Waals surface area (Å²) in [7, 11) is 1.67. The first-order valence-corrected chi connectivity index (χ1v) is 6.92. The zero-order chi connectivity index (χ0) is 12.8. The Balaban J connectivity index is 2.05. The molecule has 0 radical (unpaired) electrons. The van der Waals surface area contributed by atoms with Gasteiger partial charge in [0.1, 0.15) is 5.69 Å². The SMILES string of the molecule is CCCNCC1CCCC1c1nccnc1OC. The standard InChI is InChI=1S/C14H23N3O/c1-3-7-15-10-11-5-4-6-12(11)13-14(18-2)17-9-8-16-13/h8-9,11-12,15H,3-7,10H2,1-2H3. The molecule has 1 aliphatic carbocycles. The Kier molecular flexibility index (Phi) is 4.93. The monoisotopic (exact) mass is 249 g/mol. The molecule has 0 spiro atoms. The third-order valence-electron chi connectivity index (χ3n) is 3.73. The van der Waals surface area contributed by atoms with Gasteiger partial charge in [-0.25, -0.2) is 4.98 Å². The molecule has 0 aliphatic heterocycles. The van der Waals surface area contributed by atoms with Gasteiger partial charge in [0.25, 0.3) is 0 Å². The molecule has 100 valence electrons. The first kappa shape index (κ1) is 13.3. The smallest absolute Gasteiger partial charge is 0.235 e. The van der Waals surface area contributed by atoms with E-state index in [1.807, 2.05) is 0 Å². The van der Waals surface area contributed by atoms with Crippen molar-refractivity contribution in [2.75, 3.05) is 20.2 Å². The predicted molar refractivity (Wildman–Crippen MR) is 71.8 cm³/mol. The first-order chi connectivity index (χ1) is 8.86. The fourth-order valence-corrected chi connectivity index (χ4v) is 2.85. The van der Waals surface area contributed by atoms with Gasteiger partial charge in [0.05, 0.1) is 7.11 Å². The van der Waals surface area contributed by atoms with E-state index >= 15 is 0 Å². The normalized spacial score (nSPS) is 23.2. The van der Waals surface area contributed by atoms with Crippen LogP contribution >= 0.6 is 0 Å². The Labute approximate surface area is 109 Å². The lowest BCUT2D eigenvalue weighted by Crippen LogP contribution is -2.25. The summed E-state index contributed by atoms with van der Waals surface area (Å²) in [5.74, 6) is 1.87. The van der Waals surface area contributed by atoms with Crippen molar-refractivity contribution in [3.8, 4) is 5.88 Å². The van der Waals surface area contributed by atoms with Crippen LogP contribution < -0.4 is 10.1 Å². The molecule has 0 saturated heterocycles. The maximum absolute atomic E-state index is 5.34. The summed E-state index contributed by atoms with van der Waals surface area (Å²) in [4.78, 5) is 8.76. The molecule has 2 unspecified atom stereocenters. The third kappa shape index (κ3) is 2.99. The van der Waals surface area contributed by atoms with Crippen LogP contribution in [0.4, 0.5) is 0 Å². The van der Waals surface area contributed by atoms with Crippen molar-refractivity contribution in [1.29, 1.82) is 0 Å². The quantitative estimate of drug-likeness (QED) is 0.786. The van der Waals surface area contributed by atoms with Gasteiger partial charge >= 0.3 is 0 Å². The highest BCUT2D eigenvalue weighted by Gasteiger charge is 2.31. The molecular formula is C14H23N3O. The number of hydrogen-bond donors (Lipinski definition) is 1. The van der Waals surface area contributed by atoms with E-state index in [0.717, 1.165) is 18.8 Å². The van der Waals surface area contributed by atoms with E-state index in [1.165, 1.54) is 25.7 Å². The second-order valence-corrected chi connectivity index (χ2v) is 4.95. The molecule has 18 heavy (non-hydrogen) atoms. The average Bonchev–Trinajstić information content (AvgIpc) is 2.87. The fraction of sp³-hybridized carbons (Fsp3) is 0.714. The lowest BCUT2D eigenvalue weighted by atomic mass is 9.92. The summed E-state index contributed by atoms with van der Waals surface area (Å²) >= 11 is 0. The zero-order valence-electron chi connectivity index (χ0n) is 11.4. The molecule has 0 amide bonds. The van der Waals surface area contributed by atoms with Crippen LogP contribution in [0, 0.1) is 5.92 Å². The van der Waals surface area contributed by atoms with Gasteiger partial charge in [-0.15, -0.1) is 0 Å². The van der Waals surface area contributed by atoms with Gasteiger partial charge < -0.3 is 10.1 Å². The first-order valence-electron chi connectivity index (χ1n) is 6.92. The largest absolute Gasteiger partial charge is 0.480 e. The highest BCUT2D eigenvalue weighted by atomic mass is 16.5. The van der Waals surface area contributed by atoms with E-state index in [4.69, 9.17) is 4.74 Å². The van der Waals surface area contributed by atoms with Crippen molar-refractivity contribution in [3.05, 3.63) is 18.1 Å². The van der Waals surface area contributed by atoms with Crippen LogP contribution in [-0.2, 0) is 0 Å². The maximum atomic E-state index is 5.34. The van der Waals surface area contributed by atoms with E-state index in [9.17, 15) is 0 Å². The van der Waals surface area contributed by atoms with Crippen LogP contribution in [0.5, 0.6) is 5.88 Å². The number of rotatable bonds is 6. The van der Waals surface area contributed by atoms with E-state index < -0.39 is 0 Å². The second kappa shape index (κ2) is 6.69. The molecular weight excluding hydrogens is 226 g/mol. The minimum Gasteiger partial charge on any atom is -0.480 e. The zero-order valence-corrected chi connectivity index (χ0v) is 11.4. The average molecular weight is 249 g/mol. The summed E-state index contributed by atoms with van der Waals surface area (Å²) in [5.41, 5.74) is 1.04. The number of nitrogens with zero attached hydrogens (tertiary/aromatic N) is 2. The van der Waals surface area contributed by atoms with Gasteiger partial charge in [-0.2, -0.15) is 0 Å². The summed E-state index contributed by atoms with van der Waals surface area (Å²) in [6.45, 7) is 4.38. The van der Waals surface area contributed by atoms with Crippen molar-refractivity contribution in [2.45, 2.75) is 38.5 Å². The third-order valence-corrected chi connectivity index (χ3v) is 3.73. The van der Waals surface area contributed by atoms with Crippen molar-refractivity contribution in [2.24, 2.45) is 5.92 Å². The molecule has 2 atom stereocenters. The van der Waals surface area contributed by atoms with Crippen LogP contribution in [-0.4, -0.2) is 30.2 Å².